The van der Waals surface area contributed by atoms with E-state index in [1.165, 1.54) is 6.39 Å². The van der Waals surface area contributed by atoms with Crippen molar-refractivity contribution >= 4 is 0 Å². The number of rotatable bonds is 4. The Bertz CT molecular complexity index is 481. The lowest BCUT2D eigenvalue weighted by Gasteiger charge is -2.13. The Morgan fingerprint density at radius 1 is 1.47 bits per heavy atom. The third-order valence-electron chi connectivity index (χ3n) is 2.38. The van der Waals surface area contributed by atoms with E-state index < -0.39 is 6.10 Å². The van der Waals surface area contributed by atoms with Gasteiger partial charge in [-0.1, -0.05) is 17.3 Å². The smallest absolute Gasteiger partial charge is 0.213 e. The average Bonchev–Trinajstić information content (AvgIpc) is 2.78. The molecule has 1 atom stereocenters. The minimum Gasteiger partial charge on any atom is -0.485 e. The Hall–Kier alpha value is -1.88. The van der Waals surface area contributed by atoms with Gasteiger partial charge >= 0.3 is 0 Å². The van der Waals surface area contributed by atoms with Crippen LogP contribution in [-0.2, 0) is 6.61 Å². The molecule has 0 aliphatic rings. The molecule has 0 radical (unpaired) electrons. The minimum absolute atomic E-state index is 0.222. The summed E-state index contributed by atoms with van der Waals surface area (Å²) in [4.78, 5) is 3.86. The maximum absolute atomic E-state index is 9.62. The van der Waals surface area contributed by atoms with Crippen LogP contribution in [0, 0.1) is 6.92 Å². The average molecular weight is 234 g/mol. The van der Waals surface area contributed by atoms with E-state index in [4.69, 9.17) is 4.74 Å². The molecule has 17 heavy (non-hydrogen) atoms. The molecule has 90 valence electrons. The zero-order valence-corrected chi connectivity index (χ0v) is 9.75. The SMILES string of the molecule is Cc1ccc([C@H](C)O)c(OCc2ncon2)c1. The quantitative estimate of drug-likeness (QED) is 0.876. The van der Waals surface area contributed by atoms with E-state index >= 15 is 0 Å². The fourth-order valence-electron chi connectivity index (χ4n) is 1.51. The number of aromatic nitrogens is 2. The molecule has 1 N–H and O–H groups in total. The van der Waals surface area contributed by atoms with Crippen molar-refractivity contribution in [3.8, 4) is 5.75 Å². The molecular formula is C12H14N2O3. The van der Waals surface area contributed by atoms with Gasteiger partial charge in [0.1, 0.15) is 5.75 Å². The van der Waals surface area contributed by atoms with Gasteiger partial charge in [0.25, 0.3) is 0 Å². The van der Waals surface area contributed by atoms with Gasteiger partial charge in [-0.2, -0.15) is 4.98 Å². The second-order valence-corrected chi connectivity index (χ2v) is 3.85. The van der Waals surface area contributed by atoms with Gasteiger partial charge in [-0.15, -0.1) is 0 Å². The Balaban J connectivity index is 2.16. The van der Waals surface area contributed by atoms with Crippen LogP contribution in [0.4, 0.5) is 0 Å². The molecule has 0 saturated carbocycles. The normalized spacial score (nSPS) is 12.4. The molecule has 0 aliphatic carbocycles. The van der Waals surface area contributed by atoms with Crippen LogP contribution in [0.2, 0.25) is 0 Å². The van der Waals surface area contributed by atoms with E-state index in [1.807, 2.05) is 25.1 Å². The monoisotopic (exact) mass is 234 g/mol. The van der Waals surface area contributed by atoms with Crippen molar-refractivity contribution in [3.63, 3.8) is 0 Å². The zero-order chi connectivity index (χ0) is 12.3. The first-order valence-corrected chi connectivity index (χ1v) is 5.33. The van der Waals surface area contributed by atoms with Crippen molar-refractivity contribution in [2.45, 2.75) is 26.6 Å². The Morgan fingerprint density at radius 2 is 2.29 bits per heavy atom. The number of aryl methyl sites for hydroxylation is 1. The summed E-state index contributed by atoms with van der Waals surface area (Å²) < 4.78 is 10.2. The van der Waals surface area contributed by atoms with Crippen LogP contribution in [-0.4, -0.2) is 15.2 Å². The number of ether oxygens (including phenoxy) is 1. The first kappa shape index (κ1) is 11.6. The standard InChI is InChI=1S/C12H14N2O3/c1-8-3-4-10(9(2)15)11(5-8)16-6-12-13-7-17-14-12/h3-5,7,9,15H,6H2,1-2H3/t9-/m0/s1. The molecule has 0 bridgehead atoms. The molecule has 0 spiro atoms. The zero-order valence-electron chi connectivity index (χ0n) is 9.75. The van der Waals surface area contributed by atoms with E-state index in [1.54, 1.807) is 6.92 Å². The van der Waals surface area contributed by atoms with Gasteiger partial charge in [0.05, 0.1) is 6.10 Å². The van der Waals surface area contributed by atoms with E-state index in [0.717, 1.165) is 11.1 Å². The highest BCUT2D eigenvalue weighted by molar-refractivity contribution is 5.38. The molecule has 0 fully saturated rings. The largest absolute Gasteiger partial charge is 0.485 e. The lowest BCUT2D eigenvalue weighted by Crippen LogP contribution is -2.02. The van der Waals surface area contributed by atoms with Crippen molar-refractivity contribution in [1.82, 2.24) is 10.1 Å². The number of hydrogen-bond donors (Lipinski definition) is 1. The highest BCUT2D eigenvalue weighted by Gasteiger charge is 2.10. The molecule has 2 aromatic rings. The summed E-state index contributed by atoms with van der Waals surface area (Å²) in [6.45, 7) is 3.89. The van der Waals surface area contributed by atoms with Gasteiger partial charge in [-0.3, -0.25) is 0 Å². The molecule has 1 aromatic heterocycles. The lowest BCUT2D eigenvalue weighted by atomic mass is 10.1. The minimum atomic E-state index is -0.573. The number of aliphatic hydroxyl groups excluding tert-OH is 1. The predicted octanol–water partition coefficient (Wildman–Crippen LogP) is 2.01. The van der Waals surface area contributed by atoms with Gasteiger partial charge in [-0.25, -0.2) is 0 Å². The summed E-state index contributed by atoms with van der Waals surface area (Å²) in [5.74, 6) is 1.12. The molecule has 5 nitrogen and oxygen atoms in total. The molecule has 5 heteroatoms. The number of nitrogens with zero attached hydrogens (tertiary/aromatic N) is 2. The van der Waals surface area contributed by atoms with Gasteiger partial charge in [-0.05, 0) is 25.5 Å². The first-order chi connectivity index (χ1) is 8.16. The van der Waals surface area contributed by atoms with Gasteiger partial charge in [0.2, 0.25) is 12.2 Å². The van der Waals surface area contributed by atoms with E-state index in [2.05, 4.69) is 14.7 Å². The topological polar surface area (TPSA) is 68.4 Å². The second kappa shape index (κ2) is 4.97. The maximum Gasteiger partial charge on any atom is 0.213 e. The summed E-state index contributed by atoms with van der Waals surface area (Å²) in [5, 5.41) is 13.3. The van der Waals surface area contributed by atoms with Crippen LogP contribution in [0.15, 0.2) is 29.1 Å². The Morgan fingerprint density at radius 3 is 2.94 bits per heavy atom. The molecule has 1 aromatic carbocycles. The lowest BCUT2D eigenvalue weighted by molar-refractivity contribution is 0.189. The van der Waals surface area contributed by atoms with Crippen LogP contribution < -0.4 is 4.74 Å². The molecule has 0 unspecified atom stereocenters. The molecule has 0 aliphatic heterocycles. The summed E-state index contributed by atoms with van der Waals surface area (Å²) in [7, 11) is 0. The molecule has 0 amide bonds. The first-order valence-electron chi connectivity index (χ1n) is 5.33. The van der Waals surface area contributed by atoms with E-state index in [0.29, 0.717) is 11.6 Å². The van der Waals surface area contributed by atoms with Crippen LogP contribution in [0.1, 0.15) is 30.0 Å². The van der Waals surface area contributed by atoms with Crippen LogP contribution >= 0.6 is 0 Å². The highest BCUT2D eigenvalue weighted by Crippen LogP contribution is 2.26. The van der Waals surface area contributed by atoms with Crippen molar-refractivity contribution in [2.24, 2.45) is 0 Å². The number of hydrogen-bond acceptors (Lipinski definition) is 5. The van der Waals surface area contributed by atoms with Gasteiger partial charge in [0.15, 0.2) is 6.61 Å². The summed E-state index contributed by atoms with van der Waals surface area (Å²) in [6, 6.07) is 5.66. The third-order valence-corrected chi connectivity index (χ3v) is 2.38. The van der Waals surface area contributed by atoms with Crippen molar-refractivity contribution in [1.29, 1.82) is 0 Å². The van der Waals surface area contributed by atoms with E-state index in [9.17, 15) is 5.11 Å². The number of aliphatic hydroxyl groups is 1. The fourth-order valence-corrected chi connectivity index (χ4v) is 1.51. The molecule has 2 rings (SSSR count). The fraction of sp³-hybridized carbons (Fsp3) is 0.333. The summed E-state index contributed by atoms with van der Waals surface area (Å²) in [6.07, 6.45) is 0.681. The maximum atomic E-state index is 9.62. The third kappa shape index (κ3) is 2.82. The molecule has 0 saturated heterocycles. The molecular weight excluding hydrogens is 220 g/mol. The van der Waals surface area contributed by atoms with Crippen LogP contribution in [0.25, 0.3) is 0 Å². The van der Waals surface area contributed by atoms with Crippen molar-refractivity contribution < 1.29 is 14.4 Å². The Kier molecular flexibility index (Phi) is 3.39. The predicted molar refractivity (Wildman–Crippen MR) is 60.4 cm³/mol. The van der Waals surface area contributed by atoms with Crippen LogP contribution in [0.3, 0.4) is 0 Å². The Labute approximate surface area is 99.0 Å². The van der Waals surface area contributed by atoms with Crippen molar-refractivity contribution in [3.05, 3.63) is 41.5 Å². The number of benzene rings is 1. The van der Waals surface area contributed by atoms with E-state index in [-0.39, 0.29) is 6.61 Å². The second-order valence-electron chi connectivity index (χ2n) is 3.85. The highest BCUT2D eigenvalue weighted by atomic mass is 16.5. The summed E-state index contributed by atoms with van der Waals surface area (Å²) >= 11 is 0. The summed E-state index contributed by atoms with van der Waals surface area (Å²) in [5.41, 5.74) is 1.82. The van der Waals surface area contributed by atoms with Crippen LogP contribution in [0.5, 0.6) is 5.75 Å². The van der Waals surface area contributed by atoms with Crippen molar-refractivity contribution in [2.75, 3.05) is 0 Å². The van der Waals surface area contributed by atoms with Gasteiger partial charge in [0, 0.05) is 5.56 Å². The van der Waals surface area contributed by atoms with Gasteiger partial charge < -0.3 is 14.4 Å². The molecule has 1 heterocycles.